The van der Waals surface area contributed by atoms with Gasteiger partial charge < -0.3 is 10.1 Å². The molecule has 1 unspecified atom stereocenters. The summed E-state index contributed by atoms with van der Waals surface area (Å²) in [5.41, 5.74) is 2.57. The zero-order chi connectivity index (χ0) is 13.3. The van der Waals surface area contributed by atoms with Crippen LogP contribution >= 0.6 is 0 Å². The summed E-state index contributed by atoms with van der Waals surface area (Å²) in [6, 6.07) is 6.12. The molecule has 0 radical (unpaired) electrons. The highest BCUT2D eigenvalue weighted by molar-refractivity contribution is 7.91. The van der Waals surface area contributed by atoms with Crippen molar-refractivity contribution in [3.05, 3.63) is 29.3 Å². The zero-order valence-electron chi connectivity index (χ0n) is 10.9. The minimum atomic E-state index is -2.81. The lowest BCUT2D eigenvalue weighted by atomic mass is 10.00. The van der Waals surface area contributed by atoms with Crippen LogP contribution in [0.1, 0.15) is 17.5 Å². The zero-order valence-corrected chi connectivity index (χ0v) is 11.7. The van der Waals surface area contributed by atoms with Crippen molar-refractivity contribution in [2.45, 2.75) is 19.4 Å². The smallest absolute Gasteiger partial charge is 0.150 e. The van der Waals surface area contributed by atoms with Crippen LogP contribution in [-0.4, -0.2) is 33.1 Å². The number of hydrogen-bond acceptors (Lipinski definition) is 4. The molecule has 1 fully saturated rings. The lowest BCUT2D eigenvalue weighted by molar-refractivity contribution is 0.260. The van der Waals surface area contributed by atoms with E-state index in [0.717, 1.165) is 31.7 Å². The van der Waals surface area contributed by atoms with Crippen LogP contribution in [0, 0.1) is 5.92 Å². The molecular weight excluding hydrogens is 262 g/mol. The number of rotatable bonds is 3. The Hall–Kier alpha value is -1.07. The quantitative estimate of drug-likeness (QED) is 0.903. The summed E-state index contributed by atoms with van der Waals surface area (Å²) in [6.07, 6.45) is 1.72. The number of sulfone groups is 1. The standard InChI is InChI=1S/C14H19NO3S/c16-19(17)7-5-11(10-19)9-18-14-3-1-2-12-8-15-6-4-13(12)14/h1-3,11,15H,4-10H2. The Morgan fingerprint density at radius 3 is 3.05 bits per heavy atom. The number of nitrogens with one attached hydrogen (secondary N) is 1. The van der Waals surface area contributed by atoms with Gasteiger partial charge in [-0.3, -0.25) is 0 Å². The molecule has 4 nitrogen and oxygen atoms in total. The predicted octanol–water partition coefficient (Wildman–Crippen LogP) is 1.15. The SMILES string of the molecule is O=S1(=O)CCC(COc2cccc3c2CCNC3)C1. The van der Waals surface area contributed by atoms with E-state index in [-0.39, 0.29) is 11.7 Å². The molecule has 0 spiro atoms. The molecule has 0 bridgehead atoms. The molecule has 1 saturated heterocycles. The van der Waals surface area contributed by atoms with E-state index >= 15 is 0 Å². The highest BCUT2D eigenvalue weighted by atomic mass is 32.2. The molecule has 2 heterocycles. The summed E-state index contributed by atoms with van der Waals surface area (Å²) >= 11 is 0. The van der Waals surface area contributed by atoms with Gasteiger partial charge in [-0.15, -0.1) is 0 Å². The molecule has 104 valence electrons. The number of benzene rings is 1. The van der Waals surface area contributed by atoms with Crippen LogP contribution in [0.5, 0.6) is 5.75 Å². The van der Waals surface area contributed by atoms with Crippen LogP contribution in [0.4, 0.5) is 0 Å². The molecule has 0 saturated carbocycles. The largest absolute Gasteiger partial charge is 0.493 e. The maximum absolute atomic E-state index is 11.4. The second kappa shape index (κ2) is 5.13. The Kier molecular flexibility index (Phi) is 3.50. The van der Waals surface area contributed by atoms with Gasteiger partial charge in [0.05, 0.1) is 18.1 Å². The molecule has 0 aromatic heterocycles. The summed E-state index contributed by atoms with van der Waals surface area (Å²) in [5.74, 6) is 1.69. The van der Waals surface area contributed by atoms with E-state index in [4.69, 9.17) is 4.74 Å². The Balaban J connectivity index is 1.67. The highest BCUT2D eigenvalue weighted by Gasteiger charge is 2.28. The Bertz CT molecular complexity index is 568. The summed E-state index contributed by atoms with van der Waals surface area (Å²) in [6.45, 7) is 2.39. The Labute approximate surface area is 114 Å². The molecular formula is C14H19NO3S. The summed E-state index contributed by atoms with van der Waals surface area (Å²) in [4.78, 5) is 0. The van der Waals surface area contributed by atoms with Crippen molar-refractivity contribution >= 4 is 9.84 Å². The van der Waals surface area contributed by atoms with Crippen molar-refractivity contribution in [3.8, 4) is 5.75 Å². The van der Waals surface area contributed by atoms with Gasteiger partial charge in [-0.1, -0.05) is 12.1 Å². The molecule has 0 amide bonds. The molecule has 3 rings (SSSR count). The first-order valence-electron chi connectivity index (χ1n) is 6.79. The van der Waals surface area contributed by atoms with Crippen LogP contribution in [-0.2, 0) is 22.8 Å². The van der Waals surface area contributed by atoms with Gasteiger partial charge in [-0.05, 0) is 36.6 Å². The van der Waals surface area contributed by atoms with Crippen LogP contribution in [0.15, 0.2) is 18.2 Å². The number of fused-ring (bicyclic) bond motifs is 1. The molecule has 0 aliphatic carbocycles. The van der Waals surface area contributed by atoms with E-state index in [1.54, 1.807) is 0 Å². The Morgan fingerprint density at radius 1 is 1.37 bits per heavy atom. The molecule has 2 aliphatic rings. The Morgan fingerprint density at radius 2 is 2.26 bits per heavy atom. The fourth-order valence-electron chi connectivity index (χ4n) is 2.84. The van der Waals surface area contributed by atoms with E-state index in [0.29, 0.717) is 12.4 Å². The molecule has 2 aliphatic heterocycles. The topological polar surface area (TPSA) is 55.4 Å². The molecule has 19 heavy (non-hydrogen) atoms. The summed E-state index contributed by atoms with van der Waals surface area (Å²) in [7, 11) is -2.81. The van der Waals surface area contributed by atoms with E-state index in [9.17, 15) is 8.42 Å². The minimum Gasteiger partial charge on any atom is -0.493 e. The third-order valence-electron chi connectivity index (χ3n) is 3.90. The van der Waals surface area contributed by atoms with Gasteiger partial charge in [0.1, 0.15) is 5.75 Å². The molecule has 5 heteroatoms. The average Bonchev–Trinajstić information content (AvgIpc) is 2.76. The lowest BCUT2D eigenvalue weighted by Gasteiger charge is -2.21. The maximum atomic E-state index is 11.4. The van der Waals surface area contributed by atoms with Crippen molar-refractivity contribution < 1.29 is 13.2 Å². The van der Waals surface area contributed by atoms with Crippen molar-refractivity contribution in [1.29, 1.82) is 0 Å². The van der Waals surface area contributed by atoms with E-state index in [2.05, 4.69) is 11.4 Å². The fraction of sp³-hybridized carbons (Fsp3) is 0.571. The predicted molar refractivity (Wildman–Crippen MR) is 74.1 cm³/mol. The minimum absolute atomic E-state index is 0.155. The van der Waals surface area contributed by atoms with E-state index < -0.39 is 9.84 Å². The fourth-order valence-corrected chi connectivity index (χ4v) is 4.68. The van der Waals surface area contributed by atoms with Gasteiger partial charge >= 0.3 is 0 Å². The van der Waals surface area contributed by atoms with Crippen LogP contribution in [0.3, 0.4) is 0 Å². The summed E-state index contributed by atoms with van der Waals surface area (Å²) < 4.78 is 28.7. The molecule has 1 N–H and O–H groups in total. The van der Waals surface area contributed by atoms with Crippen LogP contribution in [0.25, 0.3) is 0 Å². The average molecular weight is 281 g/mol. The normalized spacial score (nSPS) is 24.9. The second-order valence-electron chi connectivity index (χ2n) is 5.40. The van der Waals surface area contributed by atoms with Crippen molar-refractivity contribution in [3.63, 3.8) is 0 Å². The molecule has 1 aromatic rings. The first-order valence-corrected chi connectivity index (χ1v) is 8.61. The first-order chi connectivity index (χ1) is 9.14. The van der Waals surface area contributed by atoms with Gasteiger partial charge in [0, 0.05) is 12.5 Å². The van der Waals surface area contributed by atoms with Gasteiger partial charge in [0.15, 0.2) is 9.84 Å². The number of hydrogen-bond donors (Lipinski definition) is 1. The van der Waals surface area contributed by atoms with Crippen molar-refractivity contribution in [2.24, 2.45) is 5.92 Å². The third-order valence-corrected chi connectivity index (χ3v) is 5.74. The van der Waals surface area contributed by atoms with Crippen LogP contribution in [0.2, 0.25) is 0 Å². The van der Waals surface area contributed by atoms with Gasteiger partial charge in [-0.2, -0.15) is 0 Å². The van der Waals surface area contributed by atoms with E-state index in [1.807, 2.05) is 12.1 Å². The van der Waals surface area contributed by atoms with Crippen molar-refractivity contribution in [2.75, 3.05) is 24.7 Å². The second-order valence-corrected chi connectivity index (χ2v) is 7.63. The third kappa shape index (κ3) is 2.92. The summed E-state index contributed by atoms with van der Waals surface area (Å²) in [5, 5.41) is 3.34. The first kappa shape index (κ1) is 12.9. The molecule has 1 atom stereocenters. The molecule has 1 aromatic carbocycles. The number of ether oxygens (including phenoxy) is 1. The van der Waals surface area contributed by atoms with Crippen molar-refractivity contribution in [1.82, 2.24) is 5.32 Å². The maximum Gasteiger partial charge on any atom is 0.150 e. The monoisotopic (exact) mass is 281 g/mol. The van der Waals surface area contributed by atoms with Gasteiger partial charge in [0.2, 0.25) is 0 Å². The van der Waals surface area contributed by atoms with Gasteiger partial charge in [-0.25, -0.2) is 8.42 Å². The highest BCUT2D eigenvalue weighted by Crippen LogP contribution is 2.27. The van der Waals surface area contributed by atoms with Crippen LogP contribution < -0.4 is 10.1 Å². The lowest BCUT2D eigenvalue weighted by Crippen LogP contribution is -2.24. The van der Waals surface area contributed by atoms with Gasteiger partial charge in [0.25, 0.3) is 0 Å². The van der Waals surface area contributed by atoms with E-state index in [1.165, 1.54) is 11.1 Å².